The molecule has 4 atom stereocenters. The van der Waals surface area contributed by atoms with Gasteiger partial charge >= 0.3 is 17.9 Å². The Hall–Kier alpha value is -2.14. The average molecular weight is 285 g/mol. The average Bonchev–Trinajstić information content (AvgIpc) is 2.31. The third-order valence-electron chi connectivity index (χ3n) is 2.48. The van der Waals surface area contributed by atoms with Gasteiger partial charge in [0.05, 0.1) is 12.7 Å². The zero-order valence-electron chi connectivity index (χ0n) is 11.3. The molecule has 0 amide bonds. The zero-order chi connectivity index (χ0) is 15.3. The van der Waals surface area contributed by atoms with Gasteiger partial charge in [-0.05, 0) is 0 Å². The van der Waals surface area contributed by atoms with E-state index < -0.39 is 42.3 Å². The molecule has 0 aromatic rings. The zero-order valence-corrected chi connectivity index (χ0v) is 11.3. The second-order valence-corrected chi connectivity index (χ2v) is 4.18. The molecule has 1 saturated heterocycles. The lowest BCUT2D eigenvalue weighted by Gasteiger charge is -2.37. The topological polar surface area (TPSA) is 112 Å². The van der Waals surface area contributed by atoms with Gasteiger partial charge in [-0.25, -0.2) is 0 Å². The molecule has 110 valence electrons. The van der Waals surface area contributed by atoms with Crippen LogP contribution in [-0.2, 0) is 33.3 Å². The van der Waals surface area contributed by atoms with E-state index in [4.69, 9.17) is 24.2 Å². The smallest absolute Gasteiger partial charge is 0.303 e. The summed E-state index contributed by atoms with van der Waals surface area (Å²) < 4.78 is 20.1. The quantitative estimate of drug-likeness (QED) is 0.513. The molecule has 8 heteroatoms. The summed E-state index contributed by atoms with van der Waals surface area (Å²) in [5, 5.41) is 8.98. The molecule has 0 radical (unpaired) electrons. The fourth-order valence-electron chi connectivity index (χ4n) is 1.85. The van der Waals surface area contributed by atoms with Crippen molar-refractivity contribution in [3.05, 3.63) is 0 Å². The fraction of sp³-hybridized carbons (Fsp3) is 0.667. The fourth-order valence-corrected chi connectivity index (χ4v) is 1.85. The number of nitrogens with zero attached hydrogens (tertiary/aromatic N) is 1. The maximum Gasteiger partial charge on any atom is 0.303 e. The summed E-state index contributed by atoms with van der Waals surface area (Å²) in [5.74, 6) is -1.92. The highest BCUT2D eigenvalue weighted by Crippen LogP contribution is 2.24. The van der Waals surface area contributed by atoms with Crippen LogP contribution in [0, 0.1) is 11.3 Å². The highest BCUT2D eigenvalue weighted by atomic mass is 16.6. The third-order valence-corrected chi connectivity index (χ3v) is 2.48. The minimum atomic E-state index is -1.15. The normalized spacial score (nSPS) is 28.9. The summed E-state index contributed by atoms with van der Waals surface area (Å²) >= 11 is 0. The largest absolute Gasteiger partial charge is 0.456 e. The van der Waals surface area contributed by atoms with Crippen molar-refractivity contribution < 1.29 is 33.3 Å². The molecule has 0 aromatic heterocycles. The standard InChI is InChI=1S/C12H15NO7/c1-6(14)18-10-5-17-9(4-13)11(19-7(2)15)12(10)20-8(3)16/h9-12H,5H2,1-3H3/t9-,10+,11+,12+/m0/s1. The van der Waals surface area contributed by atoms with Crippen molar-refractivity contribution in [1.82, 2.24) is 0 Å². The van der Waals surface area contributed by atoms with E-state index in [0.717, 1.165) is 13.8 Å². The minimum absolute atomic E-state index is 0.131. The number of esters is 3. The number of hydrogen-bond acceptors (Lipinski definition) is 8. The first kappa shape index (κ1) is 15.9. The van der Waals surface area contributed by atoms with Crippen LogP contribution in [0.15, 0.2) is 0 Å². The van der Waals surface area contributed by atoms with E-state index in [2.05, 4.69) is 0 Å². The van der Waals surface area contributed by atoms with E-state index in [0.29, 0.717) is 0 Å². The molecule has 0 bridgehead atoms. The third kappa shape index (κ3) is 4.20. The lowest BCUT2D eigenvalue weighted by atomic mass is 10.00. The first-order chi connectivity index (χ1) is 9.35. The molecule has 0 spiro atoms. The Kier molecular flexibility index (Phi) is 5.46. The van der Waals surface area contributed by atoms with Gasteiger partial charge in [-0.15, -0.1) is 0 Å². The molecule has 1 aliphatic heterocycles. The van der Waals surface area contributed by atoms with E-state index in [1.165, 1.54) is 6.92 Å². The molecule has 1 aliphatic rings. The Bertz CT molecular complexity index is 442. The summed E-state index contributed by atoms with van der Waals surface area (Å²) in [6.07, 6.45) is -4.28. The van der Waals surface area contributed by atoms with Crippen LogP contribution in [0.2, 0.25) is 0 Å². The summed E-state index contributed by atoms with van der Waals surface area (Å²) in [5.41, 5.74) is 0. The molecule has 1 fully saturated rings. The monoisotopic (exact) mass is 285 g/mol. The Labute approximate surface area is 115 Å². The van der Waals surface area contributed by atoms with Crippen molar-refractivity contribution in [2.24, 2.45) is 0 Å². The molecule has 0 aromatic carbocycles. The molecule has 0 unspecified atom stereocenters. The lowest BCUT2D eigenvalue weighted by molar-refractivity contribution is -0.217. The van der Waals surface area contributed by atoms with Gasteiger partial charge in [0.15, 0.2) is 24.4 Å². The molecule has 0 N–H and O–H groups in total. The van der Waals surface area contributed by atoms with Crippen molar-refractivity contribution in [2.45, 2.75) is 45.2 Å². The van der Waals surface area contributed by atoms with Gasteiger partial charge in [0.1, 0.15) is 0 Å². The summed E-state index contributed by atoms with van der Waals surface area (Å²) in [6, 6.07) is 1.81. The molecule has 1 heterocycles. The second-order valence-electron chi connectivity index (χ2n) is 4.18. The van der Waals surface area contributed by atoms with Crippen molar-refractivity contribution in [3.63, 3.8) is 0 Å². The van der Waals surface area contributed by atoms with E-state index in [9.17, 15) is 14.4 Å². The first-order valence-corrected chi connectivity index (χ1v) is 5.88. The Morgan fingerprint density at radius 1 is 1.00 bits per heavy atom. The Morgan fingerprint density at radius 3 is 1.95 bits per heavy atom. The summed E-state index contributed by atoms with van der Waals surface area (Å²) in [4.78, 5) is 33.3. The highest BCUT2D eigenvalue weighted by Gasteiger charge is 2.46. The van der Waals surface area contributed by atoms with Crippen molar-refractivity contribution in [2.75, 3.05) is 6.61 Å². The SMILES string of the molecule is CC(=O)O[C@H]1[C@H](OC(C)=O)[C@H](OC(C)=O)CO[C@H]1C#N. The first-order valence-electron chi connectivity index (χ1n) is 5.88. The van der Waals surface area contributed by atoms with Gasteiger partial charge in [-0.2, -0.15) is 5.26 Å². The minimum Gasteiger partial charge on any atom is -0.456 e. The molecule has 0 aliphatic carbocycles. The predicted octanol–water partition coefficient (Wildman–Crippen LogP) is -0.296. The summed E-state index contributed by atoms with van der Waals surface area (Å²) in [7, 11) is 0. The molecule has 1 rings (SSSR count). The van der Waals surface area contributed by atoms with Crippen molar-refractivity contribution >= 4 is 17.9 Å². The highest BCUT2D eigenvalue weighted by molar-refractivity contribution is 5.68. The predicted molar refractivity (Wildman–Crippen MR) is 62.0 cm³/mol. The lowest BCUT2D eigenvalue weighted by Crippen LogP contribution is -2.57. The second kappa shape index (κ2) is 6.86. The van der Waals surface area contributed by atoms with Gasteiger partial charge in [0.25, 0.3) is 0 Å². The van der Waals surface area contributed by atoms with E-state index in [1.54, 1.807) is 6.07 Å². The Morgan fingerprint density at radius 2 is 1.50 bits per heavy atom. The maximum atomic E-state index is 11.1. The number of carbonyl (C=O) groups is 3. The maximum absolute atomic E-state index is 11.1. The van der Waals surface area contributed by atoms with E-state index >= 15 is 0 Å². The van der Waals surface area contributed by atoms with Crippen molar-refractivity contribution in [3.8, 4) is 6.07 Å². The molecular weight excluding hydrogens is 270 g/mol. The number of rotatable bonds is 3. The molecule has 8 nitrogen and oxygen atoms in total. The van der Waals surface area contributed by atoms with Crippen molar-refractivity contribution in [1.29, 1.82) is 5.26 Å². The van der Waals surface area contributed by atoms with Crippen LogP contribution in [0.25, 0.3) is 0 Å². The van der Waals surface area contributed by atoms with Crippen LogP contribution in [0.5, 0.6) is 0 Å². The van der Waals surface area contributed by atoms with Crippen LogP contribution in [0.1, 0.15) is 20.8 Å². The van der Waals surface area contributed by atoms with Gasteiger partial charge in [0.2, 0.25) is 0 Å². The number of carbonyl (C=O) groups excluding carboxylic acids is 3. The number of nitriles is 1. The van der Waals surface area contributed by atoms with Crippen LogP contribution in [0.4, 0.5) is 0 Å². The van der Waals surface area contributed by atoms with Gasteiger partial charge in [0, 0.05) is 20.8 Å². The van der Waals surface area contributed by atoms with Gasteiger partial charge in [-0.3, -0.25) is 14.4 Å². The van der Waals surface area contributed by atoms with Crippen LogP contribution in [0.3, 0.4) is 0 Å². The van der Waals surface area contributed by atoms with Crippen LogP contribution < -0.4 is 0 Å². The summed E-state index contributed by atoms with van der Waals surface area (Å²) in [6.45, 7) is 3.36. The number of ether oxygens (including phenoxy) is 4. The van der Waals surface area contributed by atoms with Gasteiger partial charge in [-0.1, -0.05) is 0 Å². The van der Waals surface area contributed by atoms with Crippen LogP contribution in [-0.4, -0.2) is 48.9 Å². The molecular formula is C12H15NO7. The van der Waals surface area contributed by atoms with E-state index in [-0.39, 0.29) is 6.61 Å². The number of hydrogen-bond donors (Lipinski definition) is 0. The Balaban J connectivity index is 2.99. The molecule has 20 heavy (non-hydrogen) atoms. The van der Waals surface area contributed by atoms with Gasteiger partial charge < -0.3 is 18.9 Å². The van der Waals surface area contributed by atoms with E-state index in [1.807, 2.05) is 0 Å². The molecule has 0 saturated carbocycles. The van der Waals surface area contributed by atoms with Crippen LogP contribution >= 0.6 is 0 Å².